The SMILES string of the molecule is O=C(NCc1ccc(F)cc1)c1cncc(N2CCN(c3ccccc3)CC2)c1. The summed E-state index contributed by atoms with van der Waals surface area (Å²) in [4.78, 5) is 21.4. The van der Waals surface area contributed by atoms with Gasteiger partial charge in [-0.15, -0.1) is 0 Å². The van der Waals surface area contributed by atoms with E-state index in [9.17, 15) is 9.18 Å². The quantitative estimate of drug-likeness (QED) is 0.725. The van der Waals surface area contributed by atoms with E-state index in [2.05, 4.69) is 44.4 Å². The van der Waals surface area contributed by atoms with Crippen LogP contribution < -0.4 is 15.1 Å². The molecule has 1 saturated heterocycles. The third-order valence-electron chi connectivity index (χ3n) is 5.12. The van der Waals surface area contributed by atoms with Gasteiger partial charge in [0.1, 0.15) is 5.82 Å². The lowest BCUT2D eigenvalue weighted by atomic mass is 10.2. The van der Waals surface area contributed by atoms with Crippen LogP contribution in [0, 0.1) is 5.82 Å². The maximum Gasteiger partial charge on any atom is 0.253 e. The van der Waals surface area contributed by atoms with Gasteiger partial charge in [-0.3, -0.25) is 9.78 Å². The molecular formula is C23H23FN4O. The first-order valence-electron chi connectivity index (χ1n) is 9.72. The molecule has 0 unspecified atom stereocenters. The molecule has 0 spiro atoms. The van der Waals surface area contributed by atoms with Crippen molar-refractivity contribution < 1.29 is 9.18 Å². The van der Waals surface area contributed by atoms with Crippen LogP contribution in [0.25, 0.3) is 0 Å². The number of hydrogen-bond acceptors (Lipinski definition) is 4. The average Bonchev–Trinajstić information content (AvgIpc) is 2.79. The zero-order valence-corrected chi connectivity index (χ0v) is 16.1. The molecule has 1 aromatic heterocycles. The fourth-order valence-electron chi connectivity index (χ4n) is 3.47. The van der Waals surface area contributed by atoms with Crippen molar-refractivity contribution in [3.8, 4) is 0 Å². The van der Waals surface area contributed by atoms with E-state index < -0.39 is 0 Å². The first-order valence-corrected chi connectivity index (χ1v) is 9.72. The molecule has 29 heavy (non-hydrogen) atoms. The standard InChI is InChI=1S/C23H23FN4O/c24-20-8-6-18(7-9-20)15-26-23(29)19-14-22(17-25-16-19)28-12-10-27(11-13-28)21-4-2-1-3-5-21/h1-9,14,16-17H,10-13,15H2,(H,26,29). The van der Waals surface area contributed by atoms with Gasteiger partial charge in [0.15, 0.2) is 0 Å². The number of para-hydroxylation sites is 1. The van der Waals surface area contributed by atoms with E-state index in [1.54, 1.807) is 24.5 Å². The third kappa shape index (κ3) is 4.71. The summed E-state index contributed by atoms with van der Waals surface area (Å²) in [5, 5.41) is 2.87. The Morgan fingerprint density at radius 1 is 0.897 bits per heavy atom. The van der Waals surface area contributed by atoms with E-state index >= 15 is 0 Å². The fraction of sp³-hybridized carbons (Fsp3) is 0.217. The average molecular weight is 390 g/mol. The number of nitrogens with one attached hydrogen (secondary N) is 1. The first-order chi connectivity index (χ1) is 14.2. The van der Waals surface area contributed by atoms with Crippen molar-refractivity contribution >= 4 is 17.3 Å². The molecule has 1 amide bonds. The number of anilines is 2. The summed E-state index contributed by atoms with van der Waals surface area (Å²) in [6, 6.07) is 18.4. The minimum absolute atomic E-state index is 0.188. The molecule has 4 rings (SSSR count). The zero-order chi connectivity index (χ0) is 20.1. The molecule has 1 N–H and O–H groups in total. The van der Waals surface area contributed by atoms with Gasteiger partial charge in [0.2, 0.25) is 0 Å². The second kappa shape index (κ2) is 8.73. The molecule has 0 radical (unpaired) electrons. The summed E-state index contributed by atoms with van der Waals surface area (Å²) in [5.74, 6) is -0.476. The number of carbonyl (C=O) groups excluding carboxylic acids is 1. The lowest BCUT2D eigenvalue weighted by molar-refractivity contribution is 0.0950. The molecule has 148 valence electrons. The van der Waals surface area contributed by atoms with Crippen molar-refractivity contribution in [2.45, 2.75) is 6.54 Å². The lowest BCUT2D eigenvalue weighted by Gasteiger charge is -2.37. The molecule has 0 bridgehead atoms. The lowest BCUT2D eigenvalue weighted by Crippen LogP contribution is -2.46. The van der Waals surface area contributed by atoms with Crippen LogP contribution >= 0.6 is 0 Å². The number of piperazine rings is 1. The van der Waals surface area contributed by atoms with Crippen LogP contribution in [0.3, 0.4) is 0 Å². The van der Waals surface area contributed by atoms with Gasteiger partial charge in [-0.25, -0.2) is 4.39 Å². The highest BCUT2D eigenvalue weighted by Crippen LogP contribution is 2.20. The van der Waals surface area contributed by atoms with Crippen LogP contribution in [0.5, 0.6) is 0 Å². The van der Waals surface area contributed by atoms with E-state index in [1.165, 1.54) is 17.8 Å². The Kier molecular flexibility index (Phi) is 5.70. The summed E-state index contributed by atoms with van der Waals surface area (Å²) in [6.07, 6.45) is 3.37. The van der Waals surface area contributed by atoms with E-state index in [1.807, 2.05) is 12.1 Å². The van der Waals surface area contributed by atoms with Gasteiger partial charge in [0.25, 0.3) is 5.91 Å². The van der Waals surface area contributed by atoms with Gasteiger partial charge >= 0.3 is 0 Å². The largest absolute Gasteiger partial charge is 0.368 e. The molecule has 1 aliphatic heterocycles. The number of nitrogens with zero attached hydrogens (tertiary/aromatic N) is 3. The van der Waals surface area contributed by atoms with Crippen molar-refractivity contribution in [1.29, 1.82) is 0 Å². The second-order valence-electron chi connectivity index (χ2n) is 7.05. The topological polar surface area (TPSA) is 48.5 Å². The van der Waals surface area contributed by atoms with Gasteiger partial charge in [0, 0.05) is 44.6 Å². The number of amides is 1. The molecule has 0 aliphatic carbocycles. The zero-order valence-electron chi connectivity index (χ0n) is 16.1. The Bertz CT molecular complexity index is 954. The fourth-order valence-corrected chi connectivity index (χ4v) is 3.47. The van der Waals surface area contributed by atoms with Crippen LogP contribution in [0.1, 0.15) is 15.9 Å². The van der Waals surface area contributed by atoms with Crippen molar-refractivity contribution in [3.63, 3.8) is 0 Å². The number of benzene rings is 2. The van der Waals surface area contributed by atoms with Gasteiger partial charge in [-0.2, -0.15) is 0 Å². The highest BCUT2D eigenvalue weighted by molar-refractivity contribution is 5.94. The summed E-state index contributed by atoms with van der Waals surface area (Å²) < 4.78 is 13.0. The minimum atomic E-state index is -0.288. The Morgan fingerprint density at radius 2 is 1.55 bits per heavy atom. The predicted molar refractivity (Wildman–Crippen MR) is 113 cm³/mol. The van der Waals surface area contributed by atoms with Gasteiger partial charge in [-0.05, 0) is 35.9 Å². The van der Waals surface area contributed by atoms with Crippen molar-refractivity contribution in [1.82, 2.24) is 10.3 Å². The maximum atomic E-state index is 13.0. The van der Waals surface area contributed by atoms with E-state index in [4.69, 9.17) is 0 Å². The van der Waals surface area contributed by atoms with Gasteiger partial charge in [-0.1, -0.05) is 30.3 Å². The number of carbonyl (C=O) groups is 1. The molecule has 5 nitrogen and oxygen atoms in total. The Hall–Kier alpha value is -3.41. The summed E-state index contributed by atoms with van der Waals surface area (Å²) in [6.45, 7) is 3.93. The van der Waals surface area contributed by atoms with E-state index in [-0.39, 0.29) is 11.7 Å². The molecule has 2 aromatic carbocycles. The Labute approximate surface area is 169 Å². The highest BCUT2D eigenvalue weighted by Gasteiger charge is 2.18. The van der Waals surface area contributed by atoms with Gasteiger partial charge in [0.05, 0.1) is 17.4 Å². The number of rotatable bonds is 5. The number of halogens is 1. The van der Waals surface area contributed by atoms with Crippen LogP contribution in [-0.2, 0) is 6.54 Å². The van der Waals surface area contributed by atoms with Crippen LogP contribution in [0.15, 0.2) is 73.1 Å². The monoisotopic (exact) mass is 390 g/mol. The molecule has 0 saturated carbocycles. The summed E-state index contributed by atoms with van der Waals surface area (Å²) in [5.41, 5.74) is 3.56. The van der Waals surface area contributed by atoms with Crippen molar-refractivity contribution in [2.75, 3.05) is 36.0 Å². The Morgan fingerprint density at radius 3 is 2.24 bits per heavy atom. The molecular weight excluding hydrogens is 367 g/mol. The van der Waals surface area contributed by atoms with Crippen molar-refractivity contribution in [2.24, 2.45) is 0 Å². The number of hydrogen-bond donors (Lipinski definition) is 1. The summed E-state index contributed by atoms with van der Waals surface area (Å²) in [7, 11) is 0. The highest BCUT2D eigenvalue weighted by atomic mass is 19.1. The number of pyridine rings is 1. The Balaban J connectivity index is 1.36. The molecule has 1 aliphatic rings. The van der Waals surface area contributed by atoms with E-state index in [0.29, 0.717) is 12.1 Å². The van der Waals surface area contributed by atoms with Crippen molar-refractivity contribution in [3.05, 3.63) is 90.0 Å². The third-order valence-corrected chi connectivity index (χ3v) is 5.12. The molecule has 2 heterocycles. The second-order valence-corrected chi connectivity index (χ2v) is 7.05. The van der Waals surface area contributed by atoms with Crippen LogP contribution in [0.2, 0.25) is 0 Å². The number of aromatic nitrogens is 1. The van der Waals surface area contributed by atoms with Gasteiger partial charge < -0.3 is 15.1 Å². The summed E-state index contributed by atoms with van der Waals surface area (Å²) >= 11 is 0. The molecule has 0 atom stereocenters. The molecule has 3 aromatic rings. The molecule has 6 heteroatoms. The maximum absolute atomic E-state index is 13.0. The van der Waals surface area contributed by atoms with Crippen LogP contribution in [0.4, 0.5) is 15.8 Å². The molecule has 1 fully saturated rings. The smallest absolute Gasteiger partial charge is 0.253 e. The first kappa shape index (κ1) is 18.9. The normalized spacial score (nSPS) is 14.0. The van der Waals surface area contributed by atoms with E-state index in [0.717, 1.165) is 37.4 Å². The minimum Gasteiger partial charge on any atom is -0.368 e. The van der Waals surface area contributed by atoms with Crippen LogP contribution in [-0.4, -0.2) is 37.1 Å². The predicted octanol–water partition coefficient (Wildman–Crippen LogP) is 3.48.